The molecule has 1 rings (SSSR count). The first-order chi connectivity index (χ1) is 9.31. The van der Waals surface area contributed by atoms with E-state index < -0.39 is 0 Å². The number of nitrogens with one attached hydrogen (secondary N) is 1. The van der Waals surface area contributed by atoms with Crippen LogP contribution in [0, 0.1) is 13.8 Å². The molecular weight excluding hydrogens is 252 g/mol. The topological polar surface area (TPSA) is 49.4 Å². The number of carbonyl (C=O) groups excluding carboxylic acids is 2. The minimum Gasteiger partial charge on any atom is -0.354 e. The summed E-state index contributed by atoms with van der Waals surface area (Å²) in [5.74, 6) is -0.0763. The predicted octanol–water partition coefficient (Wildman–Crippen LogP) is 2.57. The van der Waals surface area contributed by atoms with Gasteiger partial charge < -0.3 is 10.2 Å². The summed E-state index contributed by atoms with van der Waals surface area (Å²) in [5, 5.41) is 2.84. The van der Waals surface area contributed by atoms with Crippen molar-refractivity contribution in [2.45, 2.75) is 47.1 Å². The van der Waals surface area contributed by atoms with E-state index in [4.69, 9.17) is 0 Å². The van der Waals surface area contributed by atoms with Gasteiger partial charge in [0.2, 0.25) is 11.8 Å². The van der Waals surface area contributed by atoms with Gasteiger partial charge in [-0.2, -0.15) is 0 Å². The van der Waals surface area contributed by atoms with E-state index in [9.17, 15) is 9.59 Å². The fraction of sp³-hybridized carbons (Fsp3) is 0.500. The largest absolute Gasteiger partial charge is 0.354 e. The Balaban J connectivity index is 2.82. The highest BCUT2D eigenvalue weighted by molar-refractivity contribution is 5.93. The summed E-state index contributed by atoms with van der Waals surface area (Å²) < 4.78 is 0. The van der Waals surface area contributed by atoms with Crippen molar-refractivity contribution in [3.05, 3.63) is 29.3 Å². The van der Waals surface area contributed by atoms with Gasteiger partial charge in [-0.25, -0.2) is 0 Å². The van der Waals surface area contributed by atoms with Gasteiger partial charge in [-0.05, 0) is 44.9 Å². The number of benzene rings is 1. The first-order valence-electron chi connectivity index (χ1n) is 6.96. The second-order valence-corrected chi connectivity index (χ2v) is 5.43. The van der Waals surface area contributed by atoms with Gasteiger partial charge in [0.1, 0.15) is 0 Å². The molecule has 4 nitrogen and oxygen atoms in total. The van der Waals surface area contributed by atoms with Crippen molar-refractivity contribution in [1.82, 2.24) is 5.32 Å². The fourth-order valence-corrected chi connectivity index (χ4v) is 2.07. The quantitative estimate of drug-likeness (QED) is 0.898. The molecule has 0 saturated carbocycles. The van der Waals surface area contributed by atoms with Crippen LogP contribution in [0.25, 0.3) is 0 Å². The van der Waals surface area contributed by atoms with Crippen molar-refractivity contribution >= 4 is 17.5 Å². The highest BCUT2D eigenvalue weighted by atomic mass is 16.2. The molecule has 110 valence electrons. The zero-order chi connectivity index (χ0) is 15.3. The zero-order valence-electron chi connectivity index (χ0n) is 13.0. The first-order valence-corrected chi connectivity index (χ1v) is 6.96. The Bertz CT molecular complexity index is 495. The number of anilines is 1. The monoisotopic (exact) mass is 276 g/mol. The lowest BCUT2D eigenvalue weighted by atomic mass is 10.1. The second-order valence-electron chi connectivity index (χ2n) is 5.43. The molecule has 2 amide bonds. The molecule has 0 heterocycles. The summed E-state index contributed by atoms with van der Waals surface area (Å²) in [6.45, 7) is 9.74. The molecule has 0 atom stereocenters. The molecular formula is C16H24N2O2. The number of aryl methyl sites for hydroxylation is 2. The van der Waals surface area contributed by atoms with E-state index in [1.54, 1.807) is 4.90 Å². The molecule has 1 aromatic carbocycles. The standard InChI is InChI=1S/C16H24N2O2/c1-11(2)17-16(20)8-9-18(14(5)19)15-10-12(3)6-7-13(15)4/h6-7,10-11H,8-9H2,1-5H3,(H,17,20). The van der Waals surface area contributed by atoms with E-state index in [0.717, 1.165) is 16.8 Å². The molecule has 0 unspecified atom stereocenters. The summed E-state index contributed by atoms with van der Waals surface area (Å²) in [7, 11) is 0. The molecule has 0 spiro atoms. The van der Waals surface area contributed by atoms with Crippen LogP contribution in [0.5, 0.6) is 0 Å². The average molecular weight is 276 g/mol. The van der Waals surface area contributed by atoms with Crippen molar-refractivity contribution in [2.24, 2.45) is 0 Å². The number of hydrogen-bond acceptors (Lipinski definition) is 2. The van der Waals surface area contributed by atoms with Crippen LogP contribution >= 0.6 is 0 Å². The zero-order valence-corrected chi connectivity index (χ0v) is 13.0. The molecule has 0 fully saturated rings. The molecule has 20 heavy (non-hydrogen) atoms. The first kappa shape index (κ1) is 16.2. The summed E-state index contributed by atoms with van der Waals surface area (Å²) >= 11 is 0. The van der Waals surface area contributed by atoms with Crippen molar-refractivity contribution in [3.63, 3.8) is 0 Å². The van der Waals surface area contributed by atoms with Crippen LogP contribution < -0.4 is 10.2 Å². The van der Waals surface area contributed by atoms with Gasteiger partial charge in [0.15, 0.2) is 0 Å². The van der Waals surface area contributed by atoms with Crippen LogP contribution in [0.1, 0.15) is 38.3 Å². The van der Waals surface area contributed by atoms with Gasteiger partial charge in [-0.15, -0.1) is 0 Å². The Labute approximate surface area is 121 Å². The smallest absolute Gasteiger partial charge is 0.223 e. The molecule has 4 heteroatoms. The predicted molar refractivity (Wildman–Crippen MR) is 81.8 cm³/mol. The van der Waals surface area contributed by atoms with Crippen LogP contribution in [0.4, 0.5) is 5.69 Å². The maximum absolute atomic E-state index is 11.8. The number of rotatable bonds is 5. The molecule has 0 aliphatic carbocycles. The molecule has 0 aliphatic rings. The van der Waals surface area contributed by atoms with Crippen LogP contribution in [-0.4, -0.2) is 24.4 Å². The summed E-state index contributed by atoms with van der Waals surface area (Å²) in [4.78, 5) is 25.2. The number of nitrogens with zero attached hydrogens (tertiary/aromatic N) is 1. The van der Waals surface area contributed by atoms with Gasteiger partial charge in [-0.1, -0.05) is 12.1 Å². The van der Waals surface area contributed by atoms with Gasteiger partial charge in [-0.3, -0.25) is 9.59 Å². The molecule has 0 aromatic heterocycles. The molecule has 1 N–H and O–H groups in total. The van der Waals surface area contributed by atoms with E-state index in [-0.39, 0.29) is 17.9 Å². The Kier molecular flexibility index (Phi) is 5.74. The molecule has 0 radical (unpaired) electrons. The number of hydrogen-bond donors (Lipinski definition) is 1. The lowest BCUT2D eigenvalue weighted by Crippen LogP contribution is -2.36. The minimum atomic E-state index is -0.0453. The molecule has 0 bridgehead atoms. The van der Waals surface area contributed by atoms with E-state index in [0.29, 0.717) is 13.0 Å². The van der Waals surface area contributed by atoms with Gasteiger partial charge in [0.05, 0.1) is 0 Å². The third kappa shape index (κ3) is 4.68. The van der Waals surface area contributed by atoms with Gasteiger partial charge >= 0.3 is 0 Å². The third-order valence-corrected chi connectivity index (χ3v) is 3.05. The average Bonchev–Trinajstić information content (AvgIpc) is 2.32. The summed E-state index contributed by atoms with van der Waals surface area (Å²) in [6.07, 6.45) is 0.311. The molecule has 1 aromatic rings. The van der Waals surface area contributed by atoms with Crippen LogP contribution in [0.15, 0.2) is 18.2 Å². The number of amides is 2. The van der Waals surface area contributed by atoms with Gasteiger partial charge in [0.25, 0.3) is 0 Å². The SMILES string of the molecule is CC(=O)N(CCC(=O)NC(C)C)c1cc(C)ccc1C. The van der Waals surface area contributed by atoms with Crippen molar-refractivity contribution in [2.75, 3.05) is 11.4 Å². The second kappa shape index (κ2) is 7.08. The Morgan fingerprint density at radius 1 is 1.25 bits per heavy atom. The maximum Gasteiger partial charge on any atom is 0.223 e. The fourth-order valence-electron chi connectivity index (χ4n) is 2.07. The Morgan fingerprint density at radius 3 is 2.45 bits per heavy atom. The van der Waals surface area contributed by atoms with Crippen molar-refractivity contribution in [1.29, 1.82) is 0 Å². The van der Waals surface area contributed by atoms with E-state index >= 15 is 0 Å². The van der Waals surface area contributed by atoms with Crippen LogP contribution in [-0.2, 0) is 9.59 Å². The lowest BCUT2D eigenvalue weighted by Gasteiger charge is -2.23. The van der Waals surface area contributed by atoms with Crippen molar-refractivity contribution in [3.8, 4) is 0 Å². The van der Waals surface area contributed by atoms with Crippen LogP contribution in [0.3, 0.4) is 0 Å². The molecule has 0 aliphatic heterocycles. The maximum atomic E-state index is 11.8. The molecule has 0 saturated heterocycles. The highest BCUT2D eigenvalue weighted by Crippen LogP contribution is 2.22. The van der Waals surface area contributed by atoms with Crippen LogP contribution in [0.2, 0.25) is 0 Å². The van der Waals surface area contributed by atoms with E-state index in [1.165, 1.54) is 6.92 Å². The highest BCUT2D eigenvalue weighted by Gasteiger charge is 2.15. The van der Waals surface area contributed by atoms with E-state index in [2.05, 4.69) is 5.32 Å². The van der Waals surface area contributed by atoms with E-state index in [1.807, 2.05) is 45.9 Å². The number of carbonyl (C=O) groups is 2. The summed E-state index contributed by atoms with van der Waals surface area (Å²) in [6, 6.07) is 6.11. The van der Waals surface area contributed by atoms with Crippen molar-refractivity contribution < 1.29 is 9.59 Å². The Morgan fingerprint density at radius 2 is 1.90 bits per heavy atom. The minimum absolute atomic E-state index is 0.0310. The summed E-state index contributed by atoms with van der Waals surface area (Å²) in [5.41, 5.74) is 3.02. The van der Waals surface area contributed by atoms with Gasteiger partial charge in [0, 0.05) is 31.6 Å². The normalized spacial score (nSPS) is 10.5. The Hall–Kier alpha value is -1.84. The lowest BCUT2D eigenvalue weighted by molar-refractivity contribution is -0.121. The third-order valence-electron chi connectivity index (χ3n) is 3.05.